The smallest absolute Gasteiger partial charge is 0.223 e. The Morgan fingerprint density at radius 1 is 1.06 bits per heavy atom. The molecular weight excluding hydrogens is 386 g/mol. The zero-order valence-electron chi connectivity index (χ0n) is 18.6. The Balaban J connectivity index is 1.40. The molecule has 2 aliphatic heterocycles. The largest absolute Gasteiger partial charge is 0.350 e. The molecule has 2 aromatic heterocycles. The third kappa shape index (κ3) is 4.30. The van der Waals surface area contributed by atoms with Crippen LogP contribution in [0.4, 0.5) is 5.82 Å². The van der Waals surface area contributed by atoms with Crippen LogP contribution in [0.1, 0.15) is 80.2 Å². The van der Waals surface area contributed by atoms with Crippen molar-refractivity contribution in [1.82, 2.24) is 19.9 Å². The molecule has 1 saturated carbocycles. The molecule has 0 unspecified atom stereocenters. The van der Waals surface area contributed by atoms with E-state index in [1.165, 1.54) is 31.2 Å². The van der Waals surface area contributed by atoms with Gasteiger partial charge in [0.25, 0.3) is 0 Å². The van der Waals surface area contributed by atoms with E-state index < -0.39 is 0 Å². The van der Waals surface area contributed by atoms with Crippen LogP contribution in [0.2, 0.25) is 0 Å². The van der Waals surface area contributed by atoms with Gasteiger partial charge >= 0.3 is 0 Å². The highest BCUT2D eigenvalue weighted by Gasteiger charge is 2.35. The molecule has 5 rings (SSSR count). The summed E-state index contributed by atoms with van der Waals surface area (Å²) in [7, 11) is 0. The Hall–Kier alpha value is -2.50. The van der Waals surface area contributed by atoms with Crippen LogP contribution in [0.5, 0.6) is 0 Å². The fourth-order valence-corrected chi connectivity index (χ4v) is 5.61. The van der Waals surface area contributed by atoms with Gasteiger partial charge in [0.2, 0.25) is 5.91 Å². The number of carbonyl (C=O) groups is 1. The number of rotatable bonds is 5. The molecule has 6 heteroatoms. The summed E-state index contributed by atoms with van der Waals surface area (Å²) in [4.78, 5) is 32.1. The van der Waals surface area contributed by atoms with Crippen molar-refractivity contribution in [2.45, 2.75) is 77.3 Å². The lowest BCUT2D eigenvalue weighted by molar-refractivity contribution is -0.133. The highest BCUT2D eigenvalue weighted by atomic mass is 16.2. The van der Waals surface area contributed by atoms with E-state index in [9.17, 15) is 4.79 Å². The molecule has 4 heterocycles. The molecule has 3 aliphatic rings. The SMILES string of the molecule is Cc1nc([C@@H]2CCCN2C(=O)CC2CCCC2)nc2c1CCCN2Cc1ccccn1. The number of hydrogen-bond donors (Lipinski definition) is 0. The normalized spacial score (nSPS) is 21.5. The van der Waals surface area contributed by atoms with Gasteiger partial charge in [-0.25, -0.2) is 9.97 Å². The molecule has 164 valence electrons. The summed E-state index contributed by atoms with van der Waals surface area (Å²) in [6, 6.07) is 6.09. The molecule has 0 radical (unpaired) electrons. The molecule has 1 saturated heterocycles. The standard InChI is InChI=1S/C25H33N5O/c1-18-21-11-6-14-29(17-20-10-4-5-13-26-20)25(21)28-24(27-18)22-12-7-15-30(22)23(31)16-19-8-2-3-9-19/h4-5,10,13,19,22H,2-3,6-9,11-12,14-17H2,1H3/t22-/m0/s1. The van der Waals surface area contributed by atoms with Crippen molar-refractivity contribution in [1.29, 1.82) is 0 Å². The summed E-state index contributed by atoms with van der Waals surface area (Å²) < 4.78 is 0. The maximum absolute atomic E-state index is 13.1. The van der Waals surface area contributed by atoms with Gasteiger partial charge in [0.05, 0.1) is 18.3 Å². The van der Waals surface area contributed by atoms with E-state index in [4.69, 9.17) is 9.97 Å². The van der Waals surface area contributed by atoms with E-state index >= 15 is 0 Å². The van der Waals surface area contributed by atoms with Crippen LogP contribution in [-0.2, 0) is 17.8 Å². The summed E-state index contributed by atoms with van der Waals surface area (Å²) >= 11 is 0. The minimum atomic E-state index is 0.0246. The lowest BCUT2D eigenvalue weighted by Gasteiger charge is -2.32. The highest BCUT2D eigenvalue weighted by molar-refractivity contribution is 5.77. The van der Waals surface area contributed by atoms with Gasteiger partial charge in [-0.05, 0) is 63.5 Å². The van der Waals surface area contributed by atoms with Crippen LogP contribution in [0.25, 0.3) is 0 Å². The van der Waals surface area contributed by atoms with E-state index in [1.807, 2.05) is 18.3 Å². The number of amides is 1. The number of fused-ring (bicyclic) bond motifs is 1. The molecule has 0 N–H and O–H groups in total. The molecule has 1 amide bonds. The number of nitrogens with zero attached hydrogens (tertiary/aromatic N) is 5. The number of aryl methyl sites for hydroxylation is 1. The number of carbonyl (C=O) groups excluding carboxylic acids is 1. The van der Waals surface area contributed by atoms with Gasteiger partial charge in [-0.3, -0.25) is 9.78 Å². The first-order valence-corrected chi connectivity index (χ1v) is 12.0. The Morgan fingerprint density at radius 3 is 2.74 bits per heavy atom. The monoisotopic (exact) mass is 419 g/mol. The van der Waals surface area contributed by atoms with Gasteiger partial charge < -0.3 is 9.80 Å². The lowest BCUT2D eigenvalue weighted by atomic mass is 10.0. The van der Waals surface area contributed by atoms with Crippen LogP contribution >= 0.6 is 0 Å². The number of likely N-dealkylation sites (tertiary alicyclic amines) is 1. The van der Waals surface area contributed by atoms with Crippen LogP contribution in [0.3, 0.4) is 0 Å². The van der Waals surface area contributed by atoms with Crippen LogP contribution in [0.15, 0.2) is 24.4 Å². The average Bonchev–Trinajstić information content (AvgIpc) is 3.47. The zero-order chi connectivity index (χ0) is 21.2. The van der Waals surface area contributed by atoms with Crippen LogP contribution in [0, 0.1) is 12.8 Å². The fourth-order valence-electron chi connectivity index (χ4n) is 5.61. The first kappa shape index (κ1) is 20.4. The van der Waals surface area contributed by atoms with Crippen molar-refractivity contribution >= 4 is 11.7 Å². The zero-order valence-corrected chi connectivity index (χ0v) is 18.6. The third-order valence-electron chi connectivity index (χ3n) is 7.25. The second kappa shape index (κ2) is 8.93. The van der Waals surface area contributed by atoms with E-state index in [-0.39, 0.29) is 6.04 Å². The second-order valence-corrected chi connectivity index (χ2v) is 9.42. The molecule has 6 nitrogen and oxygen atoms in total. The van der Waals surface area contributed by atoms with E-state index in [0.29, 0.717) is 18.2 Å². The van der Waals surface area contributed by atoms with Gasteiger partial charge in [-0.2, -0.15) is 0 Å². The number of pyridine rings is 1. The first-order chi connectivity index (χ1) is 15.2. The van der Waals surface area contributed by atoms with Crippen LogP contribution < -0.4 is 4.90 Å². The lowest BCUT2D eigenvalue weighted by Crippen LogP contribution is -2.35. The Bertz CT molecular complexity index is 925. The summed E-state index contributed by atoms with van der Waals surface area (Å²) in [6.45, 7) is 4.69. The fraction of sp³-hybridized carbons (Fsp3) is 0.600. The van der Waals surface area contributed by atoms with Crippen molar-refractivity contribution in [3.63, 3.8) is 0 Å². The topological polar surface area (TPSA) is 62.2 Å². The maximum Gasteiger partial charge on any atom is 0.223 e. The molecule has 2 aromatic rings. The molecule has 1 aliphatic carbocycles. The highest BCUT2D eigenvalue weighted by Crippen LogP contribution is 2.36. The third-order valence-corrected chi connectivity index (χ3v) is 7.25. The summed E-state index contributed by atoms with van der Waals surface area (Å²) in [6.07, 6.45) is 11.7. The predicted molar refractivity (Wildman–Crippen MR) is 121 cm³/mol. The van der Waals surface area contributed by atoms with Gasteiger partial charge in [0.15, 0.2) is 5.82 Å². The number of aromatic nitrogens is 3. The number of anilines is 1. The van der Waals surface area contributed by atoms with E-state index in [2.05, 4.69) is 27.8 Å². The van der Waals surface area contributed by atoms with Gasteiger partial charge in [-0.1, -0.05) is 18.9 Å². The Morgan fingerprint density at radius 2 is 1.94 bits per heavy atom. The molecule has 0 aromatic carbocycles. The van der Waals surface area contributed by atoms with Crippen molar-refractivity contribution in [2.75, 3.05) is 18.0 Å². The minimum absolute atomic E-state index is 0.0246. The average molecular weight is 420 g/mol. The van der Waals surface area contributed by atoms with Crippen LogP contribution in [-0.4, -0.2) is 38.8 Å². The predicted octanol–water partition coefficient (Wildman–Crippen LogP) is 4.38. The van der Waals surface area contributed by atoms with Gasteiger partial charge in [0.1, 0.15) is 5.82 Å². The van der Waals surface area contributed by atoms with Crippen molar-refractivity contribution < 1.29 is 4.79 Å². The molecule has 1 atom stereocenters. The molecular formula is C25H33N5O. The molecule has 0 bridgehead atoms. The summed E-state index contributed by atoms with van der Waals surface area (Å²) in [5, 5.41) is 0. The maximum atomic E-state index is 13.1. The Kier molecular flexibility index (Phi) is 5.88. The van der Waals surface area contributed by atoms with Gasteiger partial charge in [-0.15, -0.1) is 0 Å². The summed E-state index contributed by atoms with van der Waals surface area (Å²) in [5.74, 6) is 2.77. The summed E-state index contributed by atoms with van der Waals surface area (Å²) in [5.41, 5.74) is 3.39. The molecule has 31 heavy (non-hydrogen) atoms. The first-order valence-electron chi connectivity index (χ1n) is 12.0. The Labute approximate surface area is 185 Å². The molecule has 0 spiro atoms. The van der Waals surface area contributed by atoms with E-state index in [0.717, 1.165) is 68.3 Å². The van der Waals surface area contributed by atoms with Gasteiger partial charge in [0, 0.05) is 37.0 Å². The number of hydrogen-bond acceptors (Lipinski definition) is 5. The van der Waals surface area contributed by atoms with Crippen molar-refractivity contribution in [2.24, 2.45) is 5.92 Å². The minimum Gasteiger partial charge on any atom is -0.350 e. The van der Waals surface area contributed by atoms with E-state index in [1.54, 1.807) is 0 Å². The van der Waals surface area contributed by atoms with Crippen molar-refractivity contribution in [3.05, 3.63) is 47.2 Å². The second-order valence-electron chi connectivity index (χ2n) is 9.42. The quantitative estimate of drug-likeness (QED) is 0.720. The molecule has 2 fully saturated rings. The van der Waals surface area contributed by atoms with Crippen molar-refractivity contribution in [3.8, 4) is 0 Å².